The van der Waals surface area contributed by atoms with Crippen molar-refractivity contribution >= 4 is 19.6 Å². The summed E-state index contributed by atoms with van der Waals surface area (Å²) in [5.74, 6) is -1.63. The Labute approximate surface area is 96.7 Å². The van der Waals surface area contributed by atoms with Crippen molar-refractivity contribution in [3.63, 3.8) is 0 Å². The first kappa shape index (κ1) is 11.6. The lowest BCUT2D eigenvalue weighted by atomic mass is 10.3. The molecule has 0 fully saturated rings. The van der Waals surface area contributed by atoms with Gasteiger partial charge in [0.1, 0.15) is 5.75 Å². The second kappa shape index (κ2) is 4.16. The van der Waals surface area contributed by atoms with Crippen LogP contribution < -0.4 is 4.52 Å². The highest BCUT2D eigenvalue weighted by Gasteiger charge is 2.41. The average Bonchev–Trinajstić information content (AvgIpc) is 2.59. The second-order valence-corrected chi connectivity index (χ2v) is 4.78. The van der Waals surface area contributed by atoms with Crippen molar-refractivity contribution in [2.45, 2.75) is 0 Å². The first-order chi connectivity index (χ1) is 8.00. The number of benzene rings is 1. The zero-order valence-electron chi connectivity index (χ0n) is 8.52. The van der Waals surface area contributed by atoms with Crippen molar-refractivity contribution in [2.24, 2.45) is 0 Å². The van der Waals surface area contributed by atoms with Gasteiger partial charge in [0.15, 0.2) is 0 Å². The Morgan fingerprint density at radius 3 is 2.12 bits per heavy atom. The molecule has 2 amide bonds. The molecular weight excluding hydrogens is 245 g/mol. The van der Waals surface area contributed by atoms with Crippen LogP contribution in [0.1, 0.15) is 0 Å². The molecule has 0 saturated carbocycles. The molecule has 1 aromatic rings. The number of hydrogen-bond donors (Lipinski definition) is 1. The number of imide groups is 1. The predicted octanol–water partition coefficient (Wildman–Crippen LogP) is 1.09. The molecule has 0 spiro atoms. The first-order valence-electron chi connectivity index (χ1n) is 4.65. The third-order valence-corrected chi connectivity index (χ3v) is 3.35. The summed E-state index contributed by atoms with van der Waals surface area (Å²) in [6.07, 6.45) is 1.83. The van der Waals surface area contributed by atoms with Crippen molar-refractivity contribution < 1.29 is 23.6 Å². The summed E-state index contributed by atoms with van der Waals surface area (Å²) in [5.41, 5.74) is 0. The number of carbonyl (C=O) groups is 2. The van der Waals surface area contributed by atoms with Gasteiger partial charge < -0.3 is 4.52 Å². The standard InChI is InChI=1S/C10H8NO5P/c12-9-6-7-10(13)11(9)17(14,15)16-8-4-2-1-3-5-8/h1-7H,(H,14,15). The van der Waals surface area contributed by atoms with Crippen molar-refractivity contribution in [1.29, 1.82) is 0 Å². The Morgan fingerprint density at radius 1 is 1.06 bits per heavy atom. The molecule has 1 aliphatic rings. The van der Waals surface area contributed by atoms with E-state index < -0.39 is 19.6 Å². The third-order valence-electron chi connectivity index (χ3n) is 2.01. The van der Waals surface area contributed by atoms with Crippen LogP contribution in [-0.2, 0) is 14.2 Å². The fourth-order valence-corrected chi connectivity index (χ4v) is 2.41. The molecule has 1 N–H and O–H groups in total. The van der Waals surface area contributed by atoms with Crippen LogP contribution in [0.4, 0.5) is 0 Å². The molecule has 0 bridgehead atoms. The maximum atomic E-state index is 11.8. The molecular formula is C10H8NO5P. The van der Waals surface area contributed by atoms with Crippen LogP contribution >= 0.6 is 7.75 Å². The number of rotatable bonds is 3. The van der Waals surface area contributed by atoms with Gasteiger partial charge in [-0.1, -0.05) is 18.2 Å². The van der Waals surface area contributed by atoms with Gasteiger partial charge in [0.2, 0.25) is 0 Å². The van der Waals surface area contributed by atoms with Crippen LogP contribution in [0.25, 0.3) is 0 Å². The van der Waals surface area contributed by atoms with Gasteiger partial charge in [0.25, 0.3) is 11.8 Å². The SMILES string of the molecule is O=C1C=CC(=O)N1P(=O)(O)Oc1ccccc1. The van der Waals surface area contributed by atoms with Crippen LogP contribution in [0.2, 0.25) is 0 Å². The molecule has 7 heteroatoms. The predicted molar refractivity (Wildman–Crippen MR) is 57.9 cm³/mol. The maximum absolute atomic E-state index is 11.8. The number of nitrogens with zero attached hydrogens (tertiary/aromatic N) is 1. The van der Waals surface area contributed by atoms with Crippen LogP contribution in [-0.4, -0.2) is 21.4 Å². The topological polar surface area (TPSA) is 83.9 Å². The lowest BCUT2D eigenvalue weighted by Crippen LogP contribution is -2.28. The molecule has 0 aliphatic carbocycles. The quantitative estimate of drug-likeness (QED) is 0.643. The molecule has 2 rings (SSSR count). The Hall–Kier alpha value is -1.91. The molecule has 0 saturated heterocycles. The summed E-state index contributed by atoms with van der Waals surface area (Å²) in [7, 11) is -4.50. The summed E-state index contributed by atoms with van der Waals surface area (Å²) in [6.45, 7) is 0. The zero-order valence-corrected chi connectivity index (χ0v) is 9.41. The lowest BCUT2D eigenvalue weighted by molar-refractivity contribution is -0.131. The zero-order chi connectivity index (χ0) is 12.5. The van der Waals surface area contributed by atoms with E-state index >= 15 is 0 Å². The molecule has 0 radical (unpaired) electrons. The van der Waals surface area contributed by atoms with Crippen LogP contribution in [0.15, 0.2) is 42.5 Å². The van der Waals surface area contributed by atoms with Crippen molar-refractivity contribution in [1.82, 2.24) is 4.67 Å². The van der Waals surface area contributed by atoms with Gasteiger partial charge in [-0.25, -0.2) is 4.57 Å². The van der Waals surface area contributed by atoms with E-state index in [1.54, 1.807) is 18.2 Å². The van der Waals surface area contributed by atoms with Gasteiger partial charge in [-0.2, -0.15) is 4.67 Å². The van der Waals surface area contributed by atoms with Gasteiger partial charge in [-0.15, -0.1) is 0 Å². The Morgan fingerprint density at radius 2 is 1.59 bits per heavy atom. The molecule has 1 heterocycles. The fourth-order valence-electron chi connectivity index (χ4n) is 1.30. The summed E-state index contributed by atoms with van der Waals surface area (Å²) in [4.78, 5) is 32.0. The minimum Gasteiger partial charge on any atom is -0.409 e. The van der Waals surface area contributed by atoms with Crippen LogP contribution in [0, 0.1) is 0 Å². The monoisotopic (exact) mass is 253 g/mol. The van der Waals surface area contributed by atoms with Gasteiger partial charge in [-0.05, 0) is 12.1 Å². The van der Waals surface area contributed by atoms with E-state index in [2.05, 4.69) is 0 Å². The van der Waals surface area contributed by atoms with Gasteiger partial charge in [-0.3, -0.25) is 14.5 Å². The number of amides is 2. The van der Waals surface area contributed by atoms with Gasteiger partial charge in [0.05, 0.1) is 0 Å². The maximum Gasteiger partial charge on any atom is 0.496 e. The Bertz CT molecular complexity index is 521. The smallest absolute Gasteiger partial charge is 0.409 e. The summed E-state index contributed by atoms with van der Waals surface area (Å²) in [6, 6.07) is 7.79. The highest BCUT2D eigenvalue weighted by atomic mass is 31.2. The average molecular weight is 253 g/mol. The summed E-state index contributed by atoms with van der Waals surface area (Å²) >= 11 is 0. The van der Waals surface area contributed by atoms with E-state index in [0.29, 0.717) is 0 Å². The van der Waals surface area contributed by atoms with Gasteiger partial charge >= 0.3 is 7.75 Å². The molecule has 17 heavy (non-hydrogen) atoms. The second-order valence-electron chi connectivity index (χ2n) is 3.22. The highest BCUT2D eigenvalue weighted by molar-refractivity contribution is 7.52. The molecule has 1 aromatic carbocycles. The molecule has 6 nitrogen and oxygen atoms in total. The van der Waals surface area contributed by atoms with Crippen molar-refractivity contribution in [2.75, 3.05) is 0 Å². The number of hydrogen-bond acceptors (Lipinski definition) is 4. The van der Waals surface area contributed by atoms with E-state index in [9.17, 15) is 19.0 Å². The molecule has 88 valence electrons. The molecule has 1 unspecified atom stereocenters. The van der Waals surface area contributed by atoms with Crippen LogP contribution in [0.3, 0.4) is 0 Å². The molecule has 1 atom stereocenters. The van der Waals surface area contributed by atoms with Crippen molar-refractivity contribution in [3.05, 3.63) is 42.5 Å². The minimum atomic E-state index is -4.50. The van der Waals surface area contributed by atoms with E-state index in [4.69, 9.17) is 4.52 Å². The summed E-state index contributed by atoms with van der Waals surface area (Å²) in [5, 5.41) is 0. The normalized spacial score (nSPS) is 18.3. The van der Waals surface area contributed by atoms with E-state index in [1.165, 1.54) is 12.1 Å². The van der Waals surface area contributed by atoms with E-state index in [0.717, 1.165) is 12.2 Å². The molecule has 0 aromatic heterocycles. The number of carbonyl (C=O) groups excluding carboxylic acids is 2. The summed E-state index contributed by atoms with van der Waals surface area (Å²) < 4.78 is 16.8. The first-order valence-corrected chi connectivity index (χ1v) is 6.18. The fraction of sp³-hybridized carbons (Fsp3) is 0. The molecule has 1 aliphatic heterocycles. The Balaban J connectivity index is 2.23. The van der Waals surface area contributed by atoms with Crippen molar-refractivity contribution in [3.8, 4) is 5.75 Å². The van der Waals surface area contributed by atoms with E-state index in [-0.39, 0.29) is 10.4 Å². The Kier molecular flexibility index (Phi) is 2.83. The number of para-hydroxylation sites is 1. The largest absolute Gasteiger partial charge is 0.496 e. The van der Waals surface area contributed by atoms with Crippen LogP contribution in [0.5, 0.6) is 5.75 Å². The van der Waals surface area contributed by atoms with Gasteiger partial charge in [0, 0.05) is 12.2 Å². The van der Waals surface area contributed by atoms with E-state index in [1.807, 2.05) is 0 Å². The lowest BCUT2D eigenvalue weighted by Gasteiger charge is -2.20. The third kappa shape index (κ3) is 2.27. The highest BCUT2D eigenvalue weighted by Crippen LogP contribution is 2.48. The minimum absolute atomic E-state index is 0.103.